The summed E-state index contributed by atoms with van der Waals surface area (Å²) in [5.74, 6) is -0.502. The van der Waals surface area contributed by atoms with Gasteiger partial charge in [-0.05, 0) is 83.9 Å². The number of amides is 2. The summed E-state index contributed by atoms with van der Waals surface area (Å²) in [6, 6.07) is 8.99. The molecule has 2 amide bonds. The summed E-state index contributed by atoms with van der Waals surface area (Å²) in [5, 5.41) is 2.80. The zero-order valence-electron chi connectivity index (χ0n) is 17.6. The Bertz CT molecular complexity index is 1170. The molecule has 8 heteroatoms. The van der Waals surface area contributed by atoms with E-state index in [1.54, 1.807) is 23.1 Å². The molecule has 0 saturated heterocycles. The minimum Gasteiger partial charge on any atom is -0.326 e. The third-order valence-electron chi connectivity index (χ3n) is 6.03. The normalized spacial score (nSPS) is 15.6. The van der Waals surface area contributed by atoms with E-state index in [2.05, 4.69) is 21.2 Å². The molecule has 0 aromatic heterocycles. The molecule has 1 heterocycles. The van der Waals surface area contributed by atoms with Crippen LogP contribution in [0.25, 0.3) is 0 Å². The molecule has 1 fully saturated rings. The van der Waals surface area contributed by atoms with Gasteiger partial charge in [-0.15, -0.1) is 0 Å². The fraction of sp³-hybridized carbons (Fsp3) is 0.391. The predicted molar refractivity (Wildman–Crippen MR) is 124 cm³/mol. The molecule has 0 radical (unpaired) electrons. The lowest BCUT2D eigenvalue weighted by molar-refractivity contribution is -0.119. The summed E-state index contributed by atoms with van der Waals surface area (Å²) < 4.78 is 26.6. The Balaban J connectivity index is 1.50. The number of aryl methyl sites for hydroxylation is 1. The second-order valence-electron chi connectivity index (χ2n) is 8.29. The Kier molecular flexibility index (Phi) is 5.96. The van der Waals surface area contributed by atoms with E-state index in [1.807, 2.05) is 26.0 Å². The largest absolute Gasteiger partial charge is 0.326 e. The molecule has 2 aromatic rings. The number of rotatable bonds is 6. The van der Waals surface area contributed by atoms with Crippen molar-refractivity contribution in [3.05, 3.63) is 51.5 Å². The van der Waals surface area contributed by atoms with Crippen LogP contribution in [0.5, 0.6) is 0 Å². The van der Waals surface area contributed by atoms with Crippen LogP contribution in [0.3, 0.4) is 0 Å². The predicted octanol–water partition coefficient (Wildman–Crippen LogP) is 4.17. The Morgan fingerprint density at radius 3 is 2.65 bits per heavy atom. The van der Waals surface area contributed by atoms with Crippen LogP contribution in [0, 0.1) is 19.8 Å². The van der Waals surface area contributed by atoms with E-state index in [4.69, 9.17) is 0 Å². The first-order valence-corrected chi connectivity index (χ1v) is 12.8. The molecule has 2 aromatic carbocycles. The van der Waals surface area contributed by atoms with Crippen molar-refractivity contribution in [2.24, 2.45) is 5.92 Å². The number of carbonyl (C=O) groups excluding carboxylic acids is 2. The summed E-state index contributed by atoms with van der Waals surface area (Å²) in [6.07, 6.45) is 2.37. The van der Waals surface area contributed by atoms with E-state index in [1.165, 1.54) is 0 Å². The number of hydrogen-bond donors (Lipinski definition) is 1. The van der Waals surface area contributed by atoms with Crippen molar-refractivity contribution in [3.8, 4) is 0 Å². The zero-order valence-corrected chi connectivity index (χ0v) is 20.0. The second kappa shape index (κ2) is 8.39. The molecule has 0 atom stereocenters. The molecule has 164 valence electrons. The van der Waals surface area contributed by atoms with Gasteiger partial charge >= 0.3 is 0 Å². The van der Waals surface area contributed by atoms with Crippen molar-refractivity contribution in [1.29, 1.82) is 0 Å². The number of nitrogens with one attached hydrogen (secondary N) is 1. The number of benzene rings is 2. The van der Waals surface area contributed by atoms with E-state index >= 15 is 0 Å². The average molecular weight is 505 g/mol. The van der Waals surface area contributed by atoms with Crippen LogP contribution in [-0.4, -0.2) is 32.5 Å². The molecule has 31 heavy (non-hydrogen) atoms. The molecule has 2 aliphatic rings. The monoisotopic (exact) mass is 504 g/mol. The first-order valence-electron chi connectivity index (χ1n) is 10.4. The highest BCUT2D eigenvalue weighted by Crippen LogP contribution is 2.39. The van der Waals surface area contributed by atoms with E-state index in [0.29, 0.717) is 28.8 Å². The molecule has 0 bridgehead atoms. The van der Waals surface area contributed by atoms with Crippen LogP contribution >= 0.6 is 15.9 Å². The van der Waals surface area contributed by atoms with E-state index in [0.717, 1.165) is 29.5 Å². The van der Waals surface area contributed by atoms with Crippen LogP contribution in [0.4, 0.5) is 11.4 Å². The van der Waals surface area contributed by atoms with Crippen molar-refractivity contribution in [2.45, 2.75) is 44.4 Å². The van der Waals surface area contributed by atoms with Gasteiger partial charge in [0.05, 0.1) is 10.6 Å². The smallest absolute Gasteiger partial charge is 0.230 e. The summed E-state index contributed by atoms with van der Waals surface area (Å²) in [5.41, 5.74) is 4.35. The lowest BCUT2D eigenvalue weighted by Gasteiger charge is -2.18. The van der Waals surface area contributed by atoms with Crippen LogP contribution < -0.4 is 10.2 Å². The summed E-state index contributed by atoms with van der Waals surface area (Å²) >= 11 is 3.38. The van der Waals surface area contributed by atoms with Gasteiger partial charge in [0.1, 0.15) is 0 Å². The number of nitrogens with zero attached hydrogens (tertiary/aromatic N) is 1. The van der Waals surface area contributed by atoms with Gasteiger partial charge in [-0.25, -0.2) is 8.42 Å². The average Bonchev–Trinajstić information content (AvgIpc) is 3.49. The highest BCUT2D eigenvalue weighted by Gasteiger charge is 2.37. The lowest BCUT2D eigenvalue weighted by atomic mass is 10.1. The number of fused-ring (bicyclic) bond motifs is 1. The number of hydrogen-bond acceptors (Lipinski definition) is 4. The Labute approximate surface area is 191 Å². The van der Waals surface area contributed by atoms with Gasteiger partial charge < -0.3 is 10.2 Å². The van der Waals surface area contributed by atoms with Crippen molar-refractivity contribution in [1.82, 2.24) is 0 Å². The molecule has 6 nitrogen and oxygen atoms in total. The third-order valence-corrected chi connectivity index (χ3v) is 8.70. The lowest BCUT2D eigenvalue weighted by Crippen LogP contribution is -2.30. The molecule has 1 aliphatic carbocycles. The van der Waals surface area contributed by atoms with Gasteiger partial charge in [0, 0.05) is 34.7 Å². The summed E-state index contributed by atoms with van der Waals surface area (Å²) in [7, 11) is -3.72. The fourth-order valence-corrected chi connectivity index (χ4v) is 6.29. The molecule has 4 rings (SSSR count). The first kappa shape index (κ1) is 22.0. The highest BCUT2D eigenvalue weighted by molar-refractivity contribution is 9.10. The zero-order chi connectivity index (χ0) is 22.3. The second-order valence-corrected chi connectivity index (χ2v) is 11.2. The SMILES string of the molecule is Cc1cccc(NC(=O)CCS(=O)(=O)c2cc3c(cc2Br)CCN3C(=O)C2CC2)c1C. The van der Waals surface area contributed by atoms with Crippen LogP contribution in [0.1, 0.15) is 36.0 Å². The maximum atomic E-state index is 13.0. The number of sulfone groups is 1. The molecule has 1 saturated carbocycles. The van der Waals surface area contributed by atoms with Crippen molar-refractivity contribution in [3.63, 3.8) is 0 Å². The van der Waals surface area contributed by atoms with Crippen molar-refractivity contribution >= 4 is 49.0 Å². The van der Waals surface area contributed by atoms with Gasteiger partial charge in [0.2, 0.25) is 11.8 Å². The standard InChI is InChI=1S/C23H25BrN2O4S/c1-14-4-3-5-19(15(14)2)25-22(27)9-11-31(29,30)21-13-20-17(12-18(21)24)8-10-26(20)23(28)16-6-7-16/h3-5,12-13,16H,6-11H2,1-2H3,(H,25,27). The number of anilines is 2. The van der Waals surface area contributed by atoms with E-state index < -0.39 is 9.84 Å². The molecular weight excluding hydrogens is 480 g/mol. The molecule has 1 aliphatic heterocycles. The van der Waals surface area contributed by atoms with Gasteiger partial charge in [0.15, 0.2) is 9.84 Å². The van der Waals surface area contributed by atoms with Crippen LogP contribution in [0.2, 0.25) is 0 Å². The topological polar surface area (TPSA) is 83.6 Å². The fourth-order valence-electron chi connectivity index (χ4n) is 3.84. The molecular formula is C23H25BrN2O4S. The Morgan fingerprint density at radius 2 is 1.94 bits per heavy atom. The minimum atomic E-state index is -3.72. The van der Waals surface area contributed by atoms with Gasteiger partial charge in [-0.2, -0.15) is 0 Å². The first-order chi connectivity index (χ1) is 14.7. The number of halogens is 1. The van der Waals surface area contributed by atoms with Crippen LogP contribution in [0.15, 0.2) is 39.7 Å². The molecule has 0 unspecified atom stereocenters. The van der Waals surface area contributed by atoms with E-state index in [-0.39, 0.29) is 34.8 Å². The highest BCUT2D eigenvalue weighted by atomic mass is 79.9. The summed E-state index contributed by atoms with van der Waals surface area (Å²) in [4.78, 5) is 26.8. The number of carbonyl (C=O) groups is 2. The minimum absolute atomic E-state index is 0.0726. The summed E-state index contributed by atoms with van der Waals surface area (Å²) in [6.45, 7) is 4.45. The maximum Gasteiger partial charge on any atom is 0.230 e. The van der Waals surface area contributed by atoms with E-state index in [9.17, 15) is 18.0 Å². The molecule has 0 spiro atoms. The van der Waals surface area contributed by atoms with Gasteiger partial charge in [-0.1, -0.05) is 12.1 Å². The van der Waals surface area contributed by atoms with Crippen molar-refractivity contribution in [2.75, 3.05) is 22.5 Å². The molecule has 1 N–H and O–H groups in total. The maximum absolute atomic E-state index is 13.0. The quantitative estimate of drug-likeness (QED) is 0.639. The van der Waals surface area contributed by atoms with Gasteiger partial charge in [0.25, 0.3) is 0 Å². The van der Waals surface area contributed by atoms with Gasteiger partial charge in [-0.3, -0.25) is 9.59 Å². The third kappa shape index (κ3) is 4.55. The Hall–Kier alpha value is -2.19. The van der Waals surface area contributed by atoms with Crippen LogP contribution in [-0.2, 0) is 25.8 Å². The Morgan fingerprint density at radius 1 is 1.19 bits per heavy atom. The van der Waals surface area contributed by atoms with Crippen molar-refractivity contribution < 1.29 is 18.0 Å².